The molecule has 0 heterocycles. The highest BCUT2D eigenvalue weighted by Crippen LogP contribution is 2.16. The average molecular weight is 310 g/mol. The predicted octanol–water partition coefficient (Wildman–Crippen LogP) is 3.22. The number of benzene rings is 2. The van der Waals surface area contributed by atoms with Gasteiger partial charge in [-0.1, -0.05) is 43.0 Å². The smallest absolute Gasteiger partial charge is 0.347 e. The van der Waals surface area contributed by atoms with E-state index in [-0.39, 0.29) is 6.61 Å². The molecule has 2 rings (SSSR count). The van der Waals surface area contributed by atoms with Gasteiger partial charge in [-0.25, -0.2) is 4.79 Å². The molecular formula is C19H18O4. The summed E-state index contributed by atoms with van der Waals surface area (Å²) in [5.74, 6) is 0.0558. The zero-order valence-corrected chi connectivity index (χ0v) is 12.7. The maximum atomic E-state index is 12.2. The van der Waals surface area contributed by atoms with Crippen molar-refractivity contribution in [3.05, 3.63) is 78.4 Å². The zero-order valence-electron chi connectivity index (χ0n) is 12.7. The van der Waals surface area contributed by atoms with Crippen LogP contribution in [0, 0.1) is 0 Å². The standard InChI is InChI=1S/C19H18O4/c1-2-12-22-19(21)18(13-15-6-4-3-5-7-15)23-17-10-8-16(14-20)9-11-17/h2-11,14,18H,1,12-13H2/t18-/m1/s1. The third kappa shape index (κ3) is 5.11. The highest BCUT2D eigenvalue weighted by atomic mass is 16.6. The van der Waals surface area contributed by atoms with Crippen molar-refractivity contribution in [2.75, 3.05) is 6.61 Å². The lowest BCUT2D eigenvalue weighted by Gasteiger charge is -2.18. The Labute approximate surface area is 135 Å². The minimum atomic E-state index is -0.764. The van der Waals surface area contributed by atoms with Gasteiger partial charge in [0.25, 0.3) is 0 Å². The number of carbonyl (C=O) groups excluding carboxylic acids is 2. The van der Waals surface area contributed by atoms with Crippen molar-refractivity contribution in [3.63, 3.8) is 0 Å². The van der Waals surface area contributed by atoms with Crippen LogP contribution in [0.15, 0.2) is 67.3 Å². The van der Waals surface area contributed by atoms with Gasteiger partial charge < -0.3 is 9.47 Å². The molecule has 0 aromatic heterocycles. The van der Waals surface area contributed by atoms with E-state index in [0.29, 0.717) is 17.7 Å². The Morgan fingerprint density at radius 1 is 1.09 bits per heavy atom. The molecular weight excluding hydrogens is 292 g/mol. The lowest BCUT2D eigenvalue weighted by atomic mass is 10.1. The van der Waals surface area contributed by atoms with Crippen molar-refractivity contribution < 1.29 is 19.1 Å². The normalized spacial score (nSPS) is 11.3. The van der Waals surface area contributed by atoms with Crippen LogP contribution in [0.4, 0.5) is 0 Å². The molecule has 0 aliphatic rings. The molecule has 0 N–H and O–H groups in total. The van der Waals surface area contributed by atoms with Crippen molar-refractivity contribution in [1.82, 2.24) is 0 Å². The summed E-state index contributed by atoms with van der Waals surface area (Å²) in [6.45, 7) is 3.66. The van der Waals surface area contributed by atoms with Crippen LogP contribution >= 0.6 is 0 Å². The van der Waals surface area contributed by atoms with E-state index in [1.165, 1.54) is 6.08 Å². The van der Waals surface area contributed by atoms with Crippen molar-refractivity contribution in [2.45, 2.75) is 12.5 Å². The van der Waals surface area contributed by atoms with Crippen LogP contribution in [0.2, 0.25) is 0 Å². The highest BCUT2D eigenvalue weighted by molar-refractivity contribution is 5.76. The Kier molecular flexibility index (Phi) is 6.12. The van der Waals surface area contributed by atoms with Gasteiger partial charge in [0, 0.05) is 12.0 Å². The van der Waals surface area contributed by atoms with Gasteiger partial charge in [0.1, 0.15) is 18.6 Å². The minimum absolute atomic E-state index is 0.136. The van der Waals surface area contributed by atoms with Crippen LogP contribution in [-0.2, 0) is 16.0 Å². The number of rotatable bonds is 8. The van der Waals surface area contributed by atoms with Crippen LogP contribution < -0.4 is 4.74 Å². The van der Waals surface area contributed by atoms with Crippen LogP contribution in [0.25, 0.3) is 0 Å². The Hall–Kier alpha value is -2.88. The average Bonchev–Trinajstić information content (AvgIpc) is 2.60. The number of esters is 1. The van der Waals surface area contributed by atoms with Crippen molar-refractivity contribution >= 4 is 12.3 Å². The van der Waals surface area contributed by atoms with Crippen LogP contribution in [-0.4, -0.2) is 25.0 Å². The van der Waals surface area contributed by atoms with Gasteiger partial charge in [-0.05, 0) is 29.8 Å². The van der Waals surface area contributed by atoms with Gasteiger partial charge in [0.2, 0.25) is 0 Å². The molecule has 0 unspecified atom stereocenters. The third-order valence-corrected chi connectivity index (χ3v) is 3.16. The summed E-state index contributed by atoms with van der Waals surface area (Å²) in [7, 11) is 0. The fourth-order valence-electron chi connectivity index (χ4n) is 2.02. The summed E-state index contributed by atoms with van der Waals surface area (Å²) < 4.78 is 10.9. The van der Waals surface area contributed by atoms with E-state index in [1.807, 2.05) is 30.3 Å². The van der Waals surface area contributed by atoms with Gasteiger partial charge in [-0.15, -0.1) is 0 Å². The predicted molar refractivity (Wildman–Crippen MR) is 87.5 cm³/mol. The Morgan fingerprint density at radius 2 is 1.78 bits per heavy atom. The van der Waals surface area contributed by atoms with Crippen molar-refractivity contribution in [2.24, 2.45) is 0 Å². The molecule has 0 saturated heterocycles. The molecule has 2 aromatic rings. The van der Waals surface area contributed by atoms with E-state index < -0.39 is 12.1 Å². The van der Waals surface area contributed by atoms with E-state index in [0.717, 1.165) is 11.8 Å². The molecule has 0 aliphatic carbocycles. The van der Waals surface area contributed by atoms with E-state index >= 15 is 0 Å². The number of hydrogen-bond acceptors (Lipinski definition) is 4. The summed E-state index contributed by atoms with van der Waals surface area (Å²) in [4.78, 5) is 22.9. The van der Waals surface area contributed by atoms with Gasteiger partial charge in [-0.2, -0.15) is 0 Å². The molecule has 0 spiro atoms. The topological polar surface area (TPSA) is 52.6 Å². The van der Waals surface area contributed by atoms with Crippen molar-refractivity contribution in [1.29, 1.82) is 0 Å². The molecule has 0 radical (unpaired) electrons. The summed E-state index contributed by atoms with van der Waals surface area (Å²) in [5, 5.41) is 0. The fourth-order valence-corrected chi connectivity index (χ4v) is 2.02. The first kappa shape index (κ1) is 16.5. The maximum absolute atomic E-state index is 12.2. The van der Waals surface area contributed by atoms with Gasteiger partial charge in [-0.3, -0.25) is 4.79 Å². The van der Waals surface area contributed by atoms with E-state index in [9.17, 15) is 9.59 Å². The molecule has 0 saturated carbocycles. The molecule has 118 valence electrons. The summed E-state index contributed by atoms with van der Waals surface area (Å²) in [6.07, 6.45) is 1.89. The summed E-state index contributed by atoms with van der Waals surface area (Å²) >= 11 is 0. The highest BCUT2D eigenvalue weighted by Gasteiger charge is 2.22. The zero-order chi connectivity index (χ0) is 16.5. The Bertz CT molecular complexity index is 647. The number of aldehydes is 1. The first-order valence-electron chi connectivity index (χ1n) is 7.26. The summed E-state index contributed by atoms with van der Waals surface area (Å²) in [6, 6.07) is 16.1. The molecule has 0 fully saturated rings. The quantitative estimate of drug-likeness (QED) is 0.427. The third-order valence-electron chi connectivity index (χ3n) is 3.16. The number of hydrogen-bond donors (Lipinski definition) is 0. The molecule has 4 nitrogen and oxygen atoms in total. The van der Waals surface area contributed by atoms with Crippen molar-refractivity contribution in [3.8, 4) is 5.75 Å². The lowest BCUT2D eigenvalue weighted by Crippen LogP contribution is -2.31. The van der Waals surface area contributed by atoms with Gasteiger partial charge in [0.05, 0.1) is 0 Å². The van der Waals surface area contributed by atoms with Crippen LogP contribution in [0.1, 0.15) is 15.9 Å². The van der Waals surface area contributed by atoms with Gasteiger partial charge >= 0.3 is 5.97 Å². The molecule has 2 aromatic carbocycles. The second kappa shape index (κ2) is 8.54. The SMILES string of the molecule is C=CCOC(=O)[C@@H](Cc1ccccc1)Oc1ccc(C=O)cc1. The van der Waals surface area contributed by atoms with Gasteiger partial charge in [0.15, 0.2) is 6.10 Å². The number of carbonyl (C=O) groups is 2. The van der Waals surface area contributed by atoms with E-state index in [2.05, 4.69) is 6.58 Å². The first-order valence-corrected chi connectivity index (χ1v) is 7.26. The Balaban J connectivity index is 2.12. The largest absolute Gasteiger partial charge is 0.478 e. The molecule has 4 heteroatoms. The summed E-state index contributed by atoms with van der Waals surface area (Å²) in [5.41, 5.74) is 1.52. The fraction of sp³-hybridized carbons (Fsp3) is 0.158. The molecule has 1 atom stereocenters. The van der Waals surface area contributed by atoms with E-state index in [4.69, 9.17) is 9.47 Å². The molecule has 23 heavy (non-hydrogen) atoms. The van der Waals surface area contributed by atoms with E-state index in [1.54, 1.807) is 24.3 Å². The maximum Gasteiger partial charge on any atom is 0.347 e. The van der Waals surface area contributed by atoms with Crippen LogP contribution in [0.3, 0.4) is 0 Å². The lowest BCUT2D eigenvalue weighted by molar-refractivity contribution is -0.150. The Morgan fingerprint density at radius 3 is 2.39 bits per heavy atom. The second-order valence-corrected chi connectivity index (χ2v) is 4.90. The molecule has 0 aliphatic heterocycles. The minimum Gasteiger partial charge on any atom is -0.478 e. The second-order valence-electron chi connectivity index (χ2n) is 4.90. The molecule has 0 amide bonds. The number of ether oxygens (including phenoxy) is 2. The first-order chi connectivity index (χ1) is 11.2. The van der Waals surface area contributed by atoms with Crippen LogP contribution in [0.5, 0.6) is 5.75 Å². The monoisotopic (exact) mass is 310 g/mol. The molecule has 0 bridgehead atoms.